The van der Waals surface area contributed by atoms with Gasteiger partial charge < -0.3 is 28.8 Å². The molecule has 0 radical (unpaired) electrons. The molecule has 0 aliphatic heterocycles. The van der Waals surface area contributed by atoms with E-state index >= 15 is 0 Å². The Kier molecular flexibility index (Phi) is 46.9. The highest BCUT2D eigenvalue weighted by molar-refractivity contribution is 7.45. The van der Waals surface area contributed by atoms with Crippen molar-refractivity contribution in [3.05, 3.63) is 60.8 Å². The molecule has 0 aromatic carbocycles. The quantitative estimate of drug-likeness (QED) is 0.0272. The fourth-order valence-corrected chi connectivity index (χ4v) is 8.64. The third kappa shape index (κ3) is 50.1. The average Bonchev–Trinajstić information content (AvgIpc) is 3.27. The second-order valence-corrected chi connectivity index (χ2v) is 21.3. The Balaban J connectivity index is 3.58. The molecule has 1 amide bonds. The predicted octanol–water partition coefficient (Wildman–Crippen LogP) is 15.9. The highest BCUT2D eigenvalue weighted by Crippen LogP contribution is 2.38. The van der Waals surface area contributed by atoms with Gasteiger partial charge in [-0.15, -0.1) is 0 Å². The normalized spacial score (nSPS) is 14.5. The van der Waals surface area contributed by atoms with Gasteiger partial charge in [-0.25, -0.2) is 0 Å². The van der Waals surface area contributed by atoms with Gasteiger partial charge in [0, 0.05) is 6.42 Å². The maximum Gasteiger partial charge on any atom is 0.268 e. The number of carbonyl (C=O) groups is 1. The number of nitrogens with zero attached hydrogens (tertiary/aromatic N) is 1. The number of hydrogen-bond donors (Lipinski definition) is 2. The first-order valence-corrected chi connectivity index (χ1v) is 29.1. The zero-order valence-electron chi connectivity index (χ0n) is 43.9. The number of phosphoric ester groups is 1. The summed E-state index contributed by atoms with van der Waals surface area (Å²) in [6, 6.07) is -0.880. The molecule has 0 aliphatic carbocycles. The van der Waals surface area contributed by atoms with E-state index in [1.54, 1.807) is 6.08 Å². The van der Waals surface area contributed by atoms with Crippen molar-refractivity contribution in [3.8, 4) is 0 Å². The van der Waals surface area contributed by atoms with Crippen LogP contribution < -0.4 is 10.2 Å². The van der Waals surface area contributed by atoms with Crippen molar-refractivity contribution in [2.45, 2.75) is 257 Å². The number of allylic oxidation sites excluding steroid dienone is 9. The Bertz CT molecular complexity index is 1260. The summed E-state index contributed by atoms with van der Waals surface area (Å²) >= 11 is 0. The molecule has 3 unspecified atom stereocenters. The van der Waals surface area contributed by atoms with E-state index in [1.807, 2.05) is 34.1 Å². The van der Waals surface area contributed by atoms with E-state index in [1.165, 1.54) is 167 Å². The molecule has 2 N–H and O–H groups in total. The van der Waals surface area contributed by atoms with Crippen LogP contribution in [0.15, 0.2) is 60.8 Å². The van der Waals surface area contributed by atoms with Gasteiger partial charge in [-0.1, -0.05) is 248 Å². The van der Waals surface area contributed by atoms with Crippen LogP contribution in [0.25, 0.3) is 0 Å². The highest BCUT2D eigenvalue weighted by atomic mass is 31.2. The molecule has 0 aliphatic rings. The number of nitrogens with one attached hydrogen (secondary N) is 1. The van der Waals surface area contributed by atoms with Gasteiger partial charge in [0.2, 0.25) is 5.91 Å². The first-order valence-electron chi connectivity index (χ1n) is 27.7. The first kappa shape index (κ1) is 64.2. The van der Waals surface area contributed by atoms with Gasteiger partial charge in [0.1, 0.15) is 13.2 Å². The van der Waals surface area contributed by atoms with Crippen molar-refractivity contribution >= 4 is 13.7 Å². The molecule has 66 heavy (non-hydrogen) atoms. The van der Waals surface area contributed by atoms with Crippen molar-refractivity contribution in [1.29, 1.82) is 0 Å². The van der Waals surface area contributed by atoms with E-state index in [9.17, 15) is 19.4 Å². The zero-order chi connectivity index (χ0) is 48.5. The largest absolute Gasteiger partial charge is 0.756 e. The van der Waals surface area contributed by atoms with Crippen molar-refractivity contribution in [1.82, 2.24) is 5.32 Å². The number of aliphatic hydroxyl groups excluding tert-OH is 1. The van der Waals surface area contributed by atoms with Crippen molar-refractivity contribution in [3.63, 3.8) is 0 Å². The van der Waals surface area contributed by atoms with Crippen LogP contribution in [0.4, 0.5) is 0 Å². The Labute approximate surface area is 409 Å². The van der Waals surface area contributed by atoms with Gasteiger partial charge in [-0.2, -0.15) is 0 Å². The standard InChI is InChI=1S/C57H107N2O6P/c1-6-8-10-11-12-13-14-15-16-17-18-19-20-21-22-23-24-25-26-27-28-29-30-31-32-33-34-35-36-37-38-39-40-41-42-43-44-45-46-47-49-51-57(61)58-55(56(60)50-48-9-7-2)54-65-66(62,63)64-53-52-59(3,4)5/h8,10,12-13,15-16,18-19,48,50,55-56,60H,6-7,9,11,14,17,20-47,49,51-54H2,1-5H3,(H-,58,61,62,63)/b10-8-,13-12-,16-15-,19-18-,50-48+. The maximum atomic E-state index is 12.7. The van der Waals surface area contributed by atoms with E-state index in [-0.39, 0.29) is 19.1 Å². The summed E-state index contributed by atoms with van der Waals surface area (Å²) in [6.45, 7) is 4.32. The van der Waals surface area contributed by atoms with Gasteiger partial charge in [-0.05, 0) is 51.4 Å². The molecule has 0 saturated carbocycles. The molecule has 0 bridgehead atoms. The second kappa shape index (κ2) is 48.2. The van der Waals surface area contributed by atoms with E-state index in [4.69, 9.17) is 9.05 Å². The molecule has 3 atom stereocenters. The van der Waals surface area contributed by atoms with Gasteiger partial charge in [0.05, 0.1) is 39.9 Å². The number of amides is 1. The highest BCUT2D eigenvalue weighted by Gasteiger charge is 2.23. The molecular weight excluding hydrogens is 840 g/mol. The van der Waals surface area contributed by atoms with Gasteiger partial charge in [0.15, 0.2) is 0 Å². The van der Waals surface area contributed by atoms with Crippen LogP contribution in [0.1, 0.15) is 245 Å². The molecule has 9 heteroatoms. The summed E-state index contributed by atoms with van der Waals surface area (Å²) in [5, 5.41) is 13.4. The Morgan fingerprint density at radius 1 is 0.545 bits per heavy atom. The molecule has 0 aromatic heterocycles. The third-order valence-electron chi connectivity index (χ3n) is 12.2. The molecule has 0 aromatic rings. The van der Waals surface area contributed by atoms with E-state index < -0.39 is 20.0 Å². The van der Waals surface area contributed by atoms with Crippen LogP contribution in [-0.2, 0) is 18.4 Å². The summed E-state index contributed by atoms with van der Waals surface area (Å²) in [5.41, 5.74) is 0. The number of quaternary nitrogens is 1. The monoisotopic (exact) mass is 947 g/mol. The van der Waals surface area contributed by atoms with E-state index in [2.05, 4.69) is 60.8 Å². The number of likely N-dealkylation sites (N-methyl/N-ethyl adjacent to an activating group) is 1. The lowest BCUT2D eigenvalue weighted by Gasteiger charge is -2.29. The minimum Gasteiger partial charge on any atom is -0.756 e. The number of aliphatic hydroxyl groups is 1. The smallest absolute Gasteiger partial charge is 0.268 e. The summed E-state index contributed by atoms with van der Waals surface area (Å²) in [4.78, 5) is 25.0. The fraction of sp³-hybridized carbons (Fsp3) is 0.807. The molecule has 8 nitrogen and oxygen atoms in total. The molecule has 0 spiro atoms. The average molecular weight is 947 g/mol. The van der Waals surface area contributed by atoms with Crippen LogP contribution >= 0.6 is 7.82 Å². The first-order chi connectivity index (χ1) is 32.0. The minimum atomic E-state index is -4.56. The Hall–Kier alpha value is -1.80. The molecule has 0 saturated heterocycles. The number of unbranched alkanes of at least 4 members (excludes halogenated alkanes) is 29. The van der Waals surface area contributed by atoms with Crippen LogP contribution in [0.5, 0.6) is 0 Å². The van der Waals surface area contributed by atoms with Crippen molar-refractivity contribution in [2.24, 2.45) is 0 Å². The number of carbonyl (C=O) groups excluding carboxylic acids is 1. The second-order valence-electron chi connectivity index (χ2n) is 19.9. The lowest BCUT2D eigenvalue weighted by molar-refractivity contribution is -0.870. The number of rotatable bonds is 50. The molecular formula is C57H107N2O6P. The van der Waals surface area contributed by atoms with E-state index in [0.717, 1.165) is 57.8 Å². The number of hydrogen-bond acceptors (Lipinski definition) is 6. The van der Waals surface area contributed by atoms with Crippen LogP contribution in [0, 0.1) is 0 Å². The molecule has 0 fully saturated rings. The summed E-state index contributed by atoms with van der Waals surface area (Å²) in [7, 11) is 1.26. The Morgan fingerprint density at radius 3 is 1.32 bits per heavy atom. The lowest BCUT2D eigenvalue weighted by Crippen LogP contribution is -2.45. The summed E-state index contributed by atoms with van der Waals surface area (Å²) < 4.78 is 22.9. The van der Waals surface area contributed by atoms with Crippen LogP contribution in [-0.4, -0.2) is 68.5 Å². The maximum absolute atomic E-state index is 12.7. The molecule has 0 heterocycles. The van der Waals surface area contributed by atoms with Crippen LogP contribution in [0.3, 0.4) is 0 Å². The fourth-order valence-electron chi connectivity index (χ4n) is 7.92. The van der Waals surface area contributed by atoms with E-state index in [0.29, 0.717) is 17.4 Å². The van der Waals surface area contributed by atoms with Gasteiger partial charge >= 0.3 is 0 Å². The summed E-state index contributed by atoms with van der Waals surface area (Å²) in [5.74, 6) is -0.207. The Morgan fingerprint density at radius 2 is 0.924 bits per heavy atom. The van der Waals surface area contributed by atoms with Crippen molar-refractivity contribution in [2.75, 3.05) is 40.9 Å². The zero-order valence-corrected chi connectivity index (χ0v) is 44.8. The van der Waals surface area contributed by atoms with Crippen molar-refractivity contribution < 1.29 is 32.9 Å². The van der Waals surface area contributed by atoms with Gasteiger partial charge in [0.25, 0.3) is 7.82 Å². The van der Waals surface area contributed by atoms with Crippen LogP contribution in [0.2, 0.25) is 0 Å². The minimum absolute atomic E-state index is 0.00204. The lowest BCUT2D eigenvalue weighted by atomic mass is 10.0. The predicted molar refractivity (Wildman–Crippen MR) is 284 cm³/mol. The molecule has 0 rings (SSSR count). The SMILES string of the molecule is CC/C=C\C/C=C\C/C=C\C/C=C\CCCCCCCCCCCCCCCCCCCCCCCCCCCCCCC(=O)NC(COP(=O)([O-])OCC[N+](C)(C)C)C(O)/C=C/CCC. The van der Waals surface area contributed by atoms with Gasteiger partial charge in [-0.3, -0.25) is 9.36 Å². The topological polar surface area (TPSA) is 108 Å². The number of phosphoric acid groups is 1. The molecule has 386 valence electrons. The summed E-state index contributed by atoms with van der Waals surface area (Å²) in [6.07, 6.45) is 65.8. The third-order valence-corrected chi connectivity index (χ3v) is 13.2.